The molecule has 0 aliphatic carbocycles. The molecule has 1 heterocycles. The number of anilines is 1. The second-order valence-electron chi connectivity index (χ2n) is 6.03. The summed E-state index contributed by atoms with van der Waals surface area (Å²) < 4.78 is 10.8. The number of esters is 1. The lowest BCUT2D eigenvalue weighted by molar-refractivity contribution is 0.0527. The maximum absolute atomic E-state index is 12.7. The maximum atomic E-state index is 12.7. The second-order valence-corrected chi connectivity index (χ2v) is 6.03. The first-order valence-corrected chi connectivity index (χ1v) is 8.66. The Bertz CT molecular complexity index is 1160. The summed E-state index contributed by atoms with van der Waals surface area (Å²) in [5.74, 6) is -0.726. The summed E-state index contributed by atoms with van der Waals surface area (Å²) >= 11 is 0. The molecule has 0 bridgehead atoms. The van der Waals surface area contributed by atoms with E-state index in [0.29, 0.717) is 16.8 Å². The Morgan fingerprint density at radius 1 is 0.963 bits per heavy atom. The largest absolute Gasteiger partial charge is 0.462 e. The second kappa shape index (κ2) is 6.96. The van der Waals surface area contributed by atoms with Crippen LogP contribution in [-0.4, -0.2) is 18.5 Å². The van der Waals surface area contributed by atoms with E-state index in [1.165, 1.54) is 0 Å². The predicted molar refractivity (Wildman–Crippen MR) is 104 cm³/mol. The van der Waals surface area contributed by atoms with Crippen LogP contribution in [0.2, 0.25) is 0 Å². The van der Waals surface area contributed by atoms with Gasteiger partial charge in [0, 0.05) is 5.39 Å². The lowest BCUT2D eigenvalue weighted by Crippen LogP contribution is -2.15. The van der Waals surface area contributed by atoms with Crippen molar-refractivity contribution >= 4 is 39.3 Å². The molecule has 3 aromatic carbocycles. The molecule has 27 heavy (non-hydrogen) atoms. The molecule has 0 aliphatic rings. The molecule has 0 unspecified atom stereocenters. The van der Waals surface area contributed by atoms with E-state index >= 15 is 0 Å². The van der Waals surface area contributed by atoms with E-state index in [1.807, 2.05) is 36.4 Å². The molecule has 4 rings (SSSR count). The minimum atomic E-state index is -0.482. The third-order valence-corrected chi connectivity index (χ3v) is 4.32. The predicted octanol–water partition coefficient (Wildman–Crippen LogP) is 5.02. The summed E-state index contributed by atoms with van der Waals surface area (Å²) in [6.07, 6.45) is 0. The molecule has 0 atom stereocenters. The third kappa shape index (κ3) is 3.15. The van der Waals surface area contributed by atoms with Gasteiger partial charge in [0.05, 0.1) is 17.9 Å². The van der Waals surface area contributed by atoms with Crippen molar-refractivity contribution in [3.8, 4) is 0 Å². The highest BCUT2D eigenvalue weighted by molar-refractivity contribution is 6.12. The highest BCUT2D eigenvalue weighted by Gasteiger charge is 2.18. The Morgan fingerprint density at radius 2 is 1.74 bits per heavy atom. The summed E-state index contributed by atoms with van der Waals surface area (Å²) in [5.41, 5.74) is 1.32. The van der Waals surface area contributed by atoms with Crippen LogP contribution in [0.15, 0.2) is 71.1 Å². The van der Waals surface area contributed by atoms with Gasteiger partial charge in [-0.25, -0.2) is 4.79 Å². The van der Waals surface area contributed by atoms with Crippen LogP contribution >= 0.6 is 0 Å². The van der Waals surface area contributed by atoms with Crippen molar-refractivity contribution in [1.29, 1.82) is 0 Å². The van der Waals surface area contributed by atoms with E-state index in [0.717, 1.165) is 16.2 Å². The van der Waals surface area contributed by atoms with E-state index in [2.05, 4.69) is 5.32 Å². The average molecular weight is 359 g/mol. The van der Waals surface area contributed by atoms with Crippen molar-refractivity contribution in [3.63, 3.8) is 0 Å². The van der Waals surface area contributed by atoms with Crippen molar-refractivity contribution in [1.82, 2.24) is 0 Å². The minimum Gasteiger partial charge on any atom is -0.462 e. The quantitative estimate of drug-likeness (QED) is 0.520. The molecule has 1 amide bonds. The fourth-order valence-corrected chi connectivity index (χ4v) is 3.07. The van der Waals surface area contributed by atoms with E-state index < -0.39 is 11.9 Å². The number of hydrogen-bond donors (Lipinski definition) is 1. The number of furan rings is 1. The van der Waals surface area contributed by atoms with Gasteiger partial charge < -0.3 is 14.5 Å². The summed E-state index contributed by atoms with van der Waals surface area (Å²) in [6.45, 7) is 2.00. The fraction of sp³-hybridized carbons (Fsp3) is 0.0909. The van der Waals surface area contributed by atoms with Crippen molar-refractivity contribution < 1.29 is 18.7 Å². The van der Waals surface area contributed by atoms with Crippen LogP contribution in [0.25, 0.3) is 21.7 Å². The zero-order valence-corrected chi connectivity index (χ0v) is 14.7. The van der Waals surface area contributed by atoms with Gasteiger partial charge in [-0.15, -0.1) is 0 Å². The lowest BCUT2D eigenvalue weighted by Gasteiger charge is -2.09. The highest BCUT2D eigenvalue weighted by atomic mass is 16.5. The SMILES string of the molecule is CCOC(=O)c1ccccc1NC(=O)c1cc2c(ccc3ccccc32)o1. The van der Waals surface area contributed by atoms with E-state index in [4.69, 9.17) is 9.15 Å². The van der Waals surface area contributed by atoms with E-state index in [1.54, 1.807) is 37.3 Å². The van der Waals surface area contributed by atoms with Gasteiger partial charge in [-0.05, 0) is 42.0 Å². The van der Waals surface area contributed by atoms with Crippen molar-refractivity contribution in [2.75, 3.05) is 11.9 Å². The number of benzene rings is 3. The van der Waals surface area contributed by atoms with Crippen LogP contribution in [0.1, 0.15) is 27.8 Å². The van der Waals surface area contributed by atoms with E-state index in [-0.39, 0.29) is 12.4 Å². The molecule has 0 spiro atoms. The van der Waals surface area contributed by atoms with Crippen LogP contribution in [-0.2, 0) is 4.74 Å². The Morgan fingerprint density at radius 3 is 2.59 bits per heavy atom. The number of para-hydroxylation sites is 1. The number of rotatable bonds is 4. The first-order valence-electron chi connectivity index (χ1n) is 8.66. The molecule has 0 saturated carbocycles. The summed E-state index contributed by atoms with van der Waals surface area (Å²) in [4.78, 5) is 24.8. The van der Waals surface area contributed by atoms with Crippen LogP contribution in [0.5, 0.6) is 0 Å². The molecule has 5 heteroatoms. The first-order chi connectivity index (χ1) is 13.2. The van der Waals surface area contributed by atoms with Gasteiger partial charge >= 0.3 is 5.97 Å². The minimum absolute atomic E-state index is 0.181. The van der Waals surface area contributed by atoms with Gasteiger partial charge in [0.2, 0.25) is 0 Å². The Labute approximate surface area is 155 Å². The molecule has 0 fully saturated rings. The Hall–Kier alpha value is -3.60. The standard InChI is InChI=1S/C22H17NO4/c1-2-26-22(25)16-9-5-6-10-18(16)23-21(24)20-13-17-15-8-4-3-7-14(15)11-12-19(17)27-20/h3-13H,2H2,1H3,(H,23,24). The number of amides is 1. The monoisotopic (exact) mass is 359 g/mol. The zero-order chi connectivity index (χ0) is 18.8. The molecule has 1 aromatic heterocycles. The maximum Gasteiger partial charge on any atom is 0.340 e. The Kier molecular flexibility index (Phi) is 4.34. The highest BCUT2D eigenvalue weighted by Crippen LogP contribution is 2.28. The molecule has 0 saturated heterocycles. The smallest absolute Gasteiger partial charge is 0.340 e. The molecule has 0 aliphatic heterocycles. The van der Waals surface area contributed by atoms with Crippen molar-refractivity contribution in [2.45, 2.75) is 6.92 Å². The van der Waals surface area contributed by atoms with Gasteiger partial charge in [0.25, 0.3) is 5.91 Å². The van der Waals surface area contributed by atoms with Crippen molar-refractivity contribution in [2.24, 2.45) is 0 Å². The molecular weight excluding hydrogens is 342 g/mol. The van der Waals surface area contributed by atoms with Crippen LogP contribution in [0.4, 0.5) is 5.69 Å². The number of hydrogen-bond acceptors (Lipinski definition) is 4. The Balaban J connectivity index is 1.68. The third-order valence-electron chi connectivity index (χ3n) is 4.32. The number of nitrogens with one attached hydrogen (secondary N) is 1. The number of fused-ring (bicyclic) bond motifs is 3. The van der Waals surface area contributed by atoms with Gasteiger partial charge in [-0.1, -0.05) is 42.5 Å². The molecule has 4 aromatic rings. The van der Waals surface area contributed by atoms with Crippen molar-refractivity contribution in [3.05, 3.63) is 78.1 Å². The zero-order valence-electron chi connectivity index (χ0n) is 14.7. The molecule has 134 valence electrons. The fourth-order valence-electron chi connectivity index (χ4n) is 3.07. The average Bonchev–Trinajstić information content (AvgIpc) is 3.13. The van der Waals surface area contributed by atoms with Gasteiger partial charge in [0.15, 0.2) is 5.76 Å². The summed E-state index contributed by atoms with van der Waals surface area (Å²) in [6, 6.07) is 20.2. The molecular formula is C22H17NO4. The van der Waals surface area contributed by atoms with E-state index in [9.17, 15) is 9.59 Å². The van der Waals surface area contributed by atoms with Gasteiger partial charge in [-0.2, -0.15) is 0 Å². The van der Waals surface area contributed by atoms with Gasteiger partial charge in [-0.3, -0.25) is 4.79 Å². The van der Waals surface area contributed by atoms with Crippen LogP contribution < -0.4 is 5.32 Å². The molecule has 5 nitrogen and oxygen atoms in total. The number of ether oxygens (including phenoxy) is 1. The summed E-state index contributed by atoms with van der Waals surface area (Å²) in [7, 11) is 0. The van der Waals surface area contributed by atoms with Crippen LogP contribution in [0.3, 0.4) is 0 Å². The first kappa shape index (κ1) is 16.8. The molecule has 1 N–H and O–H groups in total. The van der Waals surface area contributed by atoms with Gasteiger partial charge in [0.1, 0.15) is 5.58 Å². The topological polar surface area (TPSA) is 68.5 Å². The lowest BCUT2D eigenvalue weighted by atomic mass is 10.1. The number of carbonyl (C=O) groups is 2. The number of carbonyl (C=O) groups excluding carboxylic acids is 2. The molecule has 0 radical (unpaired) electrons. The normalized spacial score (nSPS) is 10.9. The van der Waals surface area contributed by atoms with Crippen LogP contribution in [0, 0.1) is 0 Å². The summed E-state index contributed by atoms with van der Waals surface area (Å²) in [5, 5.41) is 5.71.